The maximum absolute atomic E-state index is 12.2. The number of carbonyl (C=O) groups is 1. The van der Waals surface area contributed by atoms with Gasteiger partial charge in [0.1, 0.15) is 12.4 Å². The highest BCUT2D eigenvalue weighted by Crippen LogP contribution is 2.20. The van der Waals surface area contributed by atoms with Crippen LogP contribution in [0, 0.1) is 13.8 Å². The van der Waals surface area contributed by atoms with Gasteiger partial charge in [0.15, 0.2) is 0 Å². The molecule has 4 heteroatoms. The van der Waals surface area contributed by atoms with Gasteiger partial charge in [0.25, 0.3) is 0 Å². The van der Waals surface area contributed by atoms with E-state index in [9.17, 15) is 4.79 Å². The number of aryl methyl sites for hydroxylation is 2. The molecule has 2 N–H and O–H groups in total. The minimum absolute atomic E-state index is 0.0874. The molecule has 0 saturated carbocycles. The fourth-order valence-corrected chi connectivity index (χ4v) is 2.84. The Morgan fingerprint density at radius 1 is 0.852 bits per heavy atom. The zero-order valence-electron chi connectivity index (χ0n) is 15.7. The van der Waals surface area contributed by atoms with Crippen LogP contribution in [0.1, 0.15) is 16.7 Å². The molecule has 0 aliphatic carbocycles. The normalized spacial score (nSPS) is 10.3. The maximum Gasteiger partial charge on any atom is 0.243 e. The Labute approximate surface area is 160 Å². The van der Waals surface area contributed by atoms with Gasteiger partial charge in [-0.25, -0.2) is 0 Å². The van der Waals surface area contributed by atoms with Gasteiger partial charge in [-0.05, 0) is 54.8 Å². The minimum Gasteiger partial charge on any atom is -0.489 e. The summed E-state index contributed by atoms with van der Waals surface area (Å²) in [7, 11) is 0. The van der Waals surface area contributed by atoms with Gasteiger partial charge in [0, 0.05) is 11.4 Å². The summed E-state index contributed by atoms with van der Waals surface area (Å²) in [5, 5.41) is 6.11. The zero-order valence-corrected chi connectivity index (χ0v) is 15.7. The molecule has 3 aromatic rings. The van der Waals surface area contributed by atoms with Crippen LogP contribution in [0.25, 0.3) is 0 Å². The van der Waals surface area contributed by atoms with Crippen LogP contribution in [0.4, 0.5) is 11.4 Å². The summed E-state index contributed by atoms with van der Waals surface area (Å²) >= 11 is 0. The van der Waals surface area contributed by atoms with Gasteiger partial charge in [-0.3, -0.25) is 4.79 Å². The van der Waals surface area contributed by atoms with Gasteiger partial charge < -0.3 is 15.4 Å². The number of hydrogen-bond acceptors (Lipinski definition) is 3. The lowest BCUT2D eigenvalue weighted by Crippen LogP contribution is -2.22. The molecule has 0 unspecified atom stereocenters. The molecule has 0 fully saturated rings. The third-order valence-electron chi connectivity index (χ3n) is 4.29. The van der Waals surface area contributed by atoms with Crippen molar-refractivity contribution in [3.05, 3.63) is 89.5 Å². The number of nitrogens with one attached hydrogen (secondary N) is 2. The van der Waals surface area contributed by atoms with Crippen LogP contribution in [-0.2, 0) is 11.4 Å². The first kappa shape index (κ1) is 18.5. The average Bonchev–Trinajstić information content (AvgIpc) is 2.68. The highest BCUT2D eigenvalue weighted by atomic mass is 16.5. The molecule has 3 aromatic carbocycles. The molecule has 3 rings (SSSR count). The largest absolute Gasteiger partial charge is 0.489 e. The second-order valence-electron chi connectivity index (χ2n) is 6.47. The van der Waals surface area contributed by atoms with Gasteiger partial charge in [-0.15, -0.1) is 0 Å². The summed E-state index contributed by atoms with van der Waals surface area (Å²) in [6.45, 7) is 4.80. The molecule has 0 spiro atoms. The van der Waals surface area contributed by atoms with E-state index in [1.54, 1.807) is 0 Å². The quantitative estimate of drug-likeness (QED) is 0.628. The van der Waals surface area contributed by atoms with Crippen molar-refractivity contribution < 1.29 is 9.53 Å². The predicted molar refractivity (Wildman–Crippen MR) is 110 cm³/mol. The first-order valence-electron chi connectivity index (χ1n) is 8.98. The smallest absolute Gasteiger partial charge is 0.243 e. The van der Waals surface area contributed by atoms with Crippen molar-refractivity contribution in [3.8, 4) is 5.75 Å². The molecule has 0 saturated heterocycles. The highest BCUT2D eigenvalue weighted by Gasteiger charge is 2.06. The van der Waals surface area contributed by atoms with Crippen LogP contribution in [0.15, 0.2) is 72.8 Å². The SMILES string of the molecule is Cc1cccc(C)c1NCC(=O)Nc1ccc(OCc2ccccc2)cc1. The summed E-state index contributed by atoms with van der Waals surface area (Å²) in [5.74, 6) is 0.682. The fourth-order valence-electron chi connectivity index (χ4n) is 2.84. The Morgan fingerprint density at radius 3 is 2.19 bits per heavy atom. The molecule has 0 aliphatic rings. The van der Waals surface area contributed by atoms with Crippen molar-refractivity contribution in [2.75, 3.05) is 17.2 Å². The molecule has 0 heterocycles. The molecule has 27 heavy (non-hydrogen) atoms. The number of para-hydroxylation sites is 1. The number of hydrogen-bond donors (Lipinski definition) is 2. The van der Waals surface area contributed by atoms with E-state index < -0.39 is 0 Å². The lowest BCUT2D eigenvalue weighted by molar-refractivity contribution is -0.114. The molecule has 0 radical (unpaired) electrons. The maximum atomic E-state index is 12.2. The Hall–Kier alpha value is -3.27. The Balaban J connectivity index is 1.49. The molecule has 4 nitrogen and oxygen atoms in total. The van der Waals surface area contributed by atoms with Gasteiger partial charge in [-0.1, -0.05) is 48.5 Å². The first-order chi connectivity index (χ1) is 13.1. The third-order valence-corrected chi connectivity index (χ3v) is 4.29. The fraction of sp³-hybridized carbons (Fsp3) is 0.174. The van der Waals surface area contributed by atoms with Crippen molar-refractivity contribution in [1.82, 2.24) is 0 Å². The van der Waals surface area contributed by atoms with Crippen LogP contribution < -0.4 is 15.4 Å². The number of amides is 1. The lowest BCUT2D eigenvalue weighted by Gasteiger charge is -2.13. The second kappa shape index (κ2) is 8.90. The van der Waals surface area contributed by atoms with E-state index in [0.717, 1.165) is 33.8 Å². The van der Waals surface area contributed by atoms with E-state index in [-0.39, 0.29) is 12.5 Å². The van der Waals surface area contributed by atoms with E-state index in [0.29, 0.717) is 6.61 Å². The summed E-state index contributed by atoms with van der Waals surface area (Å²) in [4.78, 5) is 12.2. The van der Waals surface area contributed by atoms with Gasteiger partial charge in [0.2, 0.25) is 5.91 Å². The van der Waals surface area contributed by atoms with E-state index in [1.807, 2.05) is 86.6 Å². The van der Waals surface area contributed by atoms with Crippen molar-refractivity contribution in [2.24, 2.45) is 0 Å². The van der Waals surface area contributed by atoms with Crippen molar-refractivity contribution in [3.63, 3.8) is 0 Å². The molecular formula is C23H24N2O2. The molecule has 0 bridgehead atoms. The van der Waals surface area contributed by atoms with Crippen molar-refractivity contribution in [1.29, 1.82) is 0 Å². The minimum atomic E-state index is -0.0874. The Morgan fingerprint density at radius 2 is 1.52 bits per heavy atom. The number of benzene rings is 3. The molecule has 0 aliphatic heterocycles. The van der Waals surface area contributed by atoms with E-state index in [2.05, 4.69) is 10.6 Å². The molecule has 138 valence electrons. The summed E-state index contributed by atoms with van der Waals surface area (Å²) in [5.41, 5.74) is 5.13. The van der Waals surface area contributed by atoms with Crippen LogP contribution in [0.2, 0.25) is 0 Å². The lowest BCUT2D eigenvalue weighted by atomic mass is 10.1. The van der Waals surface area contributed by atoms with E-state index >= 15 is 0 Å². The number of rotatable bonds is 7. The molecule has 1 amide bonds. The summed E-state index contributed by atoms with van der Waals surface area (Å²) in [6, 6.07) is 23.5. The Bertz CT molecular complexity index is 870. The summed E-state index contributed by atoms with van der Waals surface area (Å²) < 4.78 is 5.76. The van der Waals surface area contributed by atoms with Crippen LogP contribution >= 0.6 is 0 Å². The van der Waals surface area contributed by atoms with E-state index in [1.165, 1.54) is 0 Å². The Kier molecular flexibility index (Phi) is 6.10. The van der Waals surface area contributed by atoms with Crippen molar-refractivity contribution >= 4 is 17.3 Å². The van der Waals surface area contributed by atoms with E-state index in [4.69, 9.17) is 4.74 Å². The topological polar surface area (TPSA) is 50.4 Å². The number of ether oxygens (including phenoxy) is 1. The summed E-state index contributed by atoms with van der Waals surface area (Å²) in [6.07, 6.45) is 0. The third kappa shape index (κ3) is 5.35. The highest BCUT2D eigenvalue weighted by molar-refractivity contribution is 5.94. The van der Waals surface area contributed by atoms with Gasteiger partial charge >= 0.3 is 0 Å². The van der Waals surface area contributed by atoms with Crippen molar-refractivity contribution in [2.45, 2.75) is 20.5 Å². The molecule has 0 atom stereocenters. The zero-order chi connectivity index (χ0) is 19.1. The molecular weight excluding hydrogens is 336 g/mol. The van der Waals surface area contributed by atoms with Crippen LogP contribution in [0.5, 0.6) is 5.75 Å². The predicted octanol–water partition coefficient (Wildman–Crippen LogP) is 4.93. The average molecular weight is 360 g/mol. The standard InChI is InChI=1S/C23H24N2O2/c1-17-7-6-8-18(2)23(17)24-15-22(26)25-20-11-13-21(14-12-20)27-16-19-9-4-3-5-10-19/h3-14,24H,15-16H2,1-2H3,(H,25,26). The number of anilines is 2. The van der Waals surface area contributed by atoms with Crippen LogP contribution in [0.3, 0.4) is 0 Å². The number of carbonyl (C=O) groups excluding carboxylic acids is 1. The molecule has 0 aromatic heterocycles. The monoisotopic (exact) mass is 360 g/mol. The first-order valence-corrected chi connectivity index (χ1v) is 8.98. The second-order valence-corrected chi connectivity index (χ2v) is 6.47. The van der Waals surface area contributed by atoms with Gasteiger partial charge in [0.05, 0.1) is 6.54 Å². The van der Waals surface area contributed by atoms with Crippen LogP contribution in [-0.4, -0.2) is 12.5 Å². The van der Waals surface area contributed by atoms with Gasteiger partial charge in [-0.2, -0.15) is 0 Å².